The molecule has 2 aliphatic rings. The van der Waals surface area contributed by atoms with Gasteiger partial charge in [-0.3, -0.25) is 9.88 Å². The molecule has 5 nitrogen and oxygen atoms in total. The van der Waals surface area contributed by atoms with Crippen LogP contribution in [0.1, 0.15) is 35.2 Å². The summed E-state index contributed by atoms with van der Waals surface area (Å²) in [4.78, 5) is 18.2. The quantitative estimate of drug-likeness (QED) is 0.691. The molecule has 1 unspecified atom stereocenters. The van der Waals surface area contributed by atoms with Crippen LogP contribution in [0.2, 0.25) is 5.02 Å². The Morgan fingerprint density at radius 2 is 2.00 bits per heavy atom. The lowest BCUT2D eigenvalue weighted by Crippen LogP contribution is -3.11. The summed E-state index contributed by atoms with van der Waals surface area (Å²) in [6.07, 6.45) is 5.61. The van der Waals surface area contributed by atoms with E-state index < -0.39 is 0 Å². The third-order valence-corrected chi connectivity index (χ3v) is 5.80. The molecule has 1 N–H and O–H groups in total. The van der Waals surface area contributed by atoms with Crippen molar-refractivity contribution in [2.45, 2.75) is 38.8 Å². The van der Waals surface area contributed by atoms with Crippen LogP contribution in [0.3, 0.4) is 0 Å². The van der Waals surface area contributed by atoms with Gasteiger partial charge in [-0.25, -0.2) is 4.79 Å². The first kappa shape index (κ1) is 16.8. The molecular weight excluding hydrogens is 364 g/mol. The highest BCUT2D eigenvalue weighted by molar-refractivity contribution is 6.33. The predicted octanol–water partition coefficient (Wildman–Crippen LogP) is 2.66. The maximum atomic E-state index is 12.6. The van der Waals surface area contributed by atoms with Crippen molar-refractivity contribution in [3.63, 3.8) is 0 Å². The van der Waals surface area contributed by atoms with Gasteiger partial charge in [0.25, 0.3) is 0 Å². The van der Waals surface area contributed by atoms with Crippen molar-refractivity contribution in [3.8, 4) is 5.75 Å². The standard InChI is InChI=1S/C21H19ClN2O3/c22-18-9-16-14-6-1-2-7-15(14)21(25)27-19(16)17-11-24(12-26-20(17)18)10-13-5-3-4-8-23-13/h3-5,8-9H,1-2,6-7,10-12H2/p+1. The highest BCUT2D eigenvalue weighted by Crippen LogP contribution is 2.38. The van der Waals surface area contributed by atoms with Crippen molar-refractivity contribution in [2.75, 3.05) is 6.73 Å². The fourth-order valence-electron chi connectivity index (χ4n) is 4.25. The van der Waals surface area contributed by atoms with E-state index in [0.29, 0.717) is 29.6 Å². The zero-order chi connectivity index (χ0) is 18.4. The van der Waals surface area contributed by atoms with Crippen LogP contribution in [0.25, 0.3) is 11.0 Å². The Morgan fingerprint density at radius 3 is 2.81 bits per heavy atom. The normalized spacial score (nSPS) is 18.6. The minimum absolute atomic E-state index is 0.210. The fraction of sp³-hybridized carbons (Fsp3) is 0.333. The van der Waals surface area contributed by atoms with Crippen molar-refractivity contribution in [3.05, 3.63) is 68.3 Å². The molecule has 5 rings (SSSR count). The van der Waals surface area contributed by atoms with Gasteiger partial charge in [-0.1, -0.05) is 17.7 Å². The van der Waals surface area contributed by atoms with Crippen molar-refractivity contribution >= 4 is 22.6 Å². The second-order valence-corrected chi connectivity index (χ2v) is 7.72. The van der Waals surface area contributed by atoms with E-state index in [1.54, 1.807) is 6.20 Å². The van der Waals surface area contributed by atoms with E-state index in [0.717, 1.165) is 60.0 Å². The van der Waals surface area contributed by atoms with E-state index in [9.17, 15) is 4.79 Å². The summed E-state index contributed by atoms with van der Waals surface area (Å²) in [5.74, 6) is 0.646. The minimum Gasteiger partial charge on any atom is -0.443 e. The van der Waals surface area contributed by atoms with Gasteiger partial charge in [-0.15, -0.1) is 0 Å². The van der Waals surface area contributed by atoms with Crippen LogP contribution in [0.4, 0.5) is 0 Å². The van der Waals surface area contributed by atoms with Gasteiger partial charge in [-0.2, -0.15) is 0 Å². The van der Waals surface area contributed by atoms with Gasteiger partial charge in [-0.05, 0) is 49.4 Å². The SMILES string of the molecule is O=c1oc2c3c(c(Cl)cc2c2c1CCCC2)OC[NH+](Cc1ccccn1)C3. The molecule has 0 amide bonds. The molecule has 3 aromatic rings. The molecule has 0 fully saturated rings. The first-order valence-electron chi connectivity index (χ1n) is 9.37. The Labute approximate surface area is 161 Å². The molecule has 0 saturated carbocycles. The number of aromatic nitrogens is 1. The summed E-state index contributed by atoms with van der Waals surface area (Å²) in [6.45, 7) is 1.93. The molecular formula is C21H20ClN2O3+. The van der Waals surface area contributed by atoms with Crippen molar-refractivity contribution < 1.29 is 14.1 Å². The first-order chi connectivity index (χ1) is 13.2. The number of halogens is 1. The van der Waals surface area contributed by atoms with Crippen molar-refractivity contribution in [2.24, 2.45) is 0 Å². The number of hydrogen-bond donors (Lipinski definition) is 1. The Bertz CT molecular complexity index is 1080. The van der Waals surface area contributed by atoms with Gasteiger partial charge in [0, 0.05) is 17.1 Å². The van der Waals surface area contributed by atoms with Crippen molar-refractivity contribution in [1.29, 1.82) is 0 Å². The molecule has 1 aromatic carbocycles. The lowest BCUT2D eigenvalue weighted by molar-refractivity contribution is -0.946. The number of rotatable bonds is 2. The maximum Gasteiger partial charge on any atom is 0.339 e. The molecule has 138 valence electrons. The van der Waals surface area contributed by atoms with Gasteiger partial charge in [0.15, 0.2) is 11.3 Å². The summed E-state index contributed by atoms with van der Waals surface area (Å²) in [5.41, 5.74) is 4.25. The highest BCUT2D eigenvalue weighted by atomic mass is 35.5. The molecule has 0 saturated heterocycles. The van der Waals surface area contributed by atoms with Crippen LogP contribution in [-0.2, 0) is 25.9 Å². The molecule has 1 aliphatic carbocycles. The zero-order valence-corrected chi connectivity index (χ0v) is 15.6. The zero-order valence-electron chi connectivity index (χ0n) is 14.9. The number of benzene rings is 1. The molecule has 3 heterocycles. The topological polar surface area (TPSA) is 56.8 Å². The minimum atomic E-state index is -0.210. The van der Waals surface area contributed by atoms with Crippen LogP contribution in [0.5, 0.6) is 5.75 Å². The Morgan fingerprint density at radius 1 is 1.15 bits per heavy atom. The number of quaternary nitrogens is 1. The molecule has 2 aromatic heterocycles. The third kappa shape index (κ3) is 2.91. The first-order valence-corrected chi connectivity index (χ1v) is 9.74. The van der Waals surface area contributed by atoms with Crippen LogP contribution >= 0.6 is 11.6 Å². The predicted molar refractivity (Wildman–Crippen MR) is 102 cm³/mol. The average Bonchev–Trinajstić information content (AvgIpc) is 2.70. The lowest BCUT2D eigenvalue weighted by Gasteiger charge is -2.27. The van der Waals surface area contributed by atoms with E-state index in [-0.39, 0.29) is 5.63 Å². The number of nitrogens with zero attached hydrogens (tertiary/aromatic N) is 1. The number of nitrogens with one attached hydrogen (secondary N) is 1. The summed E-state index contributed by atoms with van der Waals surface area (Å²) < 4.78 is 11.8. The second kappa shape index (κ2) is 6.66. The Hall–Kier alpha value is -2.37. The summed E-state index contributed by atoms with van der Waals surface area (Å²) >= 11 is 6.54. The number of ether oxygens (including phenoxy) is 1. The number of pyridine rings is 1. The molecule has 1 aliphatic heterocycles. The lowest BCUT2D eigenvalue weighted by atomic mass is 9.90. The van der Waals surface area contributed by atoms with E-state index in [4.69, 9.17) is 20.8 Å². The summed E-state index contributed by atoms with van der Waals surface area (Å²) in [5, 5.41) is 1.56. The Kier molecular flexibility index (Phi) is 4.14. The molecule has 0 radical (unpaired) electrons. The monoisotopic (exact) mass is 383 g/mol. The van der Waals surface area contributed by atoms with E-state index in [1.165, 1.54) is 4.90 Å². The summed E-state index contributed by atoms with van der Waals surface area (Å²) in [7, 11) is 0. The van der Waals surface area contributed by atoms with Gasteiger partial charge in [0.2, 0.25) is 6.73 Å². The molecule has 0 bridgehead atoms. The maximum absolute atomic E-state index is 12.6. The molecule has 27 heavy (non-hydrogen) atoms. The fourth-order valence-corrected chi connectivity index (χ4v) is 4.53. The largest absolute Gasteiger partial charge is 0.443 e. The van der Waals surface area contributed by atoms with E-state index in [2.05, 4.69) is 4.98 Å². The second-order valence-electron chi connectivity index (χ2n) is 7.31. The van der Waals surface area contributed by atoms with E-state index in [1.807, 2.05) is 24.3 Å². The van der Waals surface area contributed by atoms with Crippen molar-refractivity contribution in [1.82, 2.24) is 4.98 Å². The van der Waals surface area contributed by atoms with Gasteiger partial charge in [0.1, 0.15) is 13.1 Å². The number of hydrogen-bond acceptors (Lipinski definition) is 4. The third-order valence-electron chi connectivity index (χ3n) is 5.52. The number of fused-ring (bicyclic) bond motifs is 5. The van der Waals surface area contributed by atoms with E-state index >= 15 is 0 Å². The molecule has 6 heteroatoms. The van der Waals surface area contributed by atoms with Crippen LogP contribution < -0.4 is 15.3 Å². The van der Waals surface area contributed by atoms with Crippen LogP contribution in [0.15, 0.2) is 39.7 Å². The smallest absolute Gasteiger partial charge is 0.339 e. The molecule has 1 atom stereocenters. The van der Waals surface area contributed by atoms with Gasteiger partial charge >= 0.3 is 5.63 Å². The van der Waals surface area contributed by atoms with Gasteiger partial charge in [0.05, 0.1) is 16.3 Å². The highest BCUT2D eigenvalue weighted by Gasteiger charge is 2.29. The Balaban J connectivity index is 1.61. The molecule has 0 spiro atoms. The summed E-state index contributed by atoms with van der Waals surface area (Å²) in [6, 6.07) is 7.81. The van der Waals surface area contributed by atoms with Crippen LogP contribution in [-0.4, -0.2) is 11.7 Å². The average molecular weight is 384 g/mol. The van der Waals surface area contributed by atoms with Crippen LogP contribution in [0, 0.1) is 0 Å². The number of aryl methyl sites for hydroxylation is 1. The van der Waals surface area contributed by atoms with Gasteiger partial charge < -0.3 is 9.15 Å².